The molecule has 0 radical (unpaired) electrons. The highest BCUT2D eigenvalue weighted by Gasteiger charge is 2.71. The summed E-state index contributed by atoms with van der Waals surface area (Å²) in [6.07, 6.45) is -4.76. The van der Waals surface area contributed by atoms with Crippen LogP contribution in [-0.4, -0.2) is 92.5 Å². The Bertz CT molecular complexity index is 1030. The lowest BCUT2D eigenvalue weighted by atomic mass is 9.59. The number of hydrogen-bond donors (Lipinski definition) is 1. The van der Waals surface area contributed by atoms with Crippen LogP contribution in [0.2, 0.25) is 0 Å². The normalized spacial score (nSPS) is 27.8. The lowest BCUT2D eigenvalue weighted by molar-refractivity contribution is -0.336. The number of ether oxygens (including phenoxy) is 1. The molecule has 2 aliphatic heterocycles. The van der Waals surface area contributed by atoms with Crippen LogP contribution in [0.15, 0.2) is 6.33 Å². The zero-order chi connectivity index (χ0) is 25.7. The molecule has 14 heteroatoms. The molecule has 1 atom stereocenters. The Labute approximate surface area is 202 Å². The van der Waals surface area contributed by atoms with Gasteiger partial charge in [-0.05, 0) is 38.5 Å². The van der Waals surface area contributed by atoms with Gasteiger partial charge in [-0.2, -0.15) is 31.4 Å². The van der Waals surface area contributed by atoms with Gasteiger partial charge in [0.25, 0.3) is 11.6 Å². The molecule has 1 amide bonds. The van der Waals surface area contributed by atoms with Gasteiger partial charge >= 0.3 is 12.4 Å². The van der Waals surface area contributed by atoms with Crippen molar-refractivity contribution >= 4 is 5.91 Å². The maximum absolute atomic E-state index is 14.0. The van der Waals surface area contributed by atoms with Crippen LogP contribution in [-0.2, 0) is 9.53 Å². The molecule has 8 nitrogen and oxygen atoms in total. The van der Waals surface area contributed by atoms with E-state index in [1.54, 1.807) is 11.0 Å². The summed E-state index contributed by atoms with van der Waals surface area (Å²) in [7, 11) is 0. The zero-order valence-corrected chi connectivity index (χ0v) is 19.4. The Hall–Kier alpha value is -1.93. The van der Waals surface area contributed by atoms with Gasteiger partial charge in [-0.3, -0.25) is 9.69 Å². The second-order valence-electron chi connectivity index (χ2n) is 11.6. The lowest BCUT2D eigenvalue weighted by Crippen LogP contribution is -2.79. The molecule has 1 unspecified atom stereocenters. The standard InChI is InChI=1S/C22H27F6N5O3/c23-20(24,25)11-36-15-5-19(6-15)7-31(8-19)17(34)21(35,22(26,27)28)32-9-18(10-32)3-14(4-18)33-12-29-16(30-33)13-1-2-13/h12-15,35H,1-11H2. The molecular weight excluding hydrogens is 496 g/mol. The van der Waals surface area contributed by atoms with Crippen LogP contribution in [0.5, 0.6) is 0 Å². The molecule has 2 saturated heterocycles. The number of nitrogens with zero attached hydrogens (tertiary/aromatic N) is 5. The Kier molecular flexibility index (Phi) is 5.13. The summed E-state index contributed by atoms with van der Waals surface area (Å²) in [4.78, 5) is 18.9. The van der Waals surface area contributed by atoms with Crippen LogP contribution in [0.3, 0.4) is 0 Å². The summed E-state index contributed by atoms with van der Waals surface area (Å²) < 4.78 is 85.5. The molecule has 5 aliphatic rings. The SMILES string of the molecule is O=C(N1CC2(CC(OCC(F)(F)F)C2)C1)C(O)(N1CC2(CC(n3cnc(C4CC4)n3)C2)C1)C(F)(F)F. The summed E-state index contributed by atoms with van der Waals surface area (Å²) >= 11 is 0. The van der Waals surface area contributed by atoms with Gasteiger partial charge in [0.2, 0.25) is 0 Å². The number of alkyl halides is 6. The first kappa shape index (κ1) is 24.4. The van der Waals surface area contributed by atoms with Crippen molar-refractivity contribution in [3.8, 4) is 0 Å². The Morgan fingerprint density at radius 3 is 2.19 bits per heavy atom. The van der Waals surface area contributed by atoms with Crippen molar-refractivity contribution in [3.05, 3.63) is 12.2 Å². The minimum atomic E-state index is -5.19. The van der Waals surface area contributed by atoms with Gasteiger partial charge in [0, 0.05) is 42.9 Å². The van der Waals surface area contributed by atoms with Crippen LogP contribution in [0.25, 0.3) is 0 Å². The van der Waals surface area contributed by atoms with Gasteiger partial charge in [0.05, 0.1) is 12.1 Å². The van der Waals surface area contributed by atoms with Gasteiger partial charge in [0.1, 0.15) is 12.9 Å². The molecule has 0 aromatic carbocycles. The van der Waals surface area contributed by atoms with E-state index in [4.69, 9.17) is 4.74 Å². The molecule has 1 aromatic heterocycles. The number of hydrogen-bond acceptors (Lipinski definition) is 6. The fourth-order valence-electron chi connectivity index (χ4n) is 6.43. The van der Waals surface area contributed by atoms with E-state index in [2.05, 4.69) is 10.1 Å². The van der Waals surface area contributed by atoms with E-state index in [1.165, 1.54) is 0 Å². The molecule has 3 aliphatic carbocycles. The third-order valence-corrected chi connectivity index (χ3v) is 8.53. The van der Waals surface area contributed by atoms with Crippen molar-refractivity contribution in [1.29, 1.82) is 0 Å². The van der Waals surface area contributed by atoms with E-state index in [9.17, 15) is 36.2 Å². The molecule has 1 aromatic rings. The van der Waals surface area contributed by atoms with Crippen molar-refractivity contribution in [1.82, 2.24) is 24.6 Å². The number of carbonyl (C=O) groups is 1. The molecule has 0 bridgehead atoms. The number of aliphatic hydroxyl groups is 1. The Morgan fingerprint density at radius 2 is 1.64 bits per heavy atom. The monoisotopic (exact) mass is 523 g/mol. The topological polar surface area (TPSA) is 83.7 Å². The quantitative estimate of drug-likeness (QED) is 0.578. The van der Waals surface area contributed by atoms with Gasteiger partial charge in [-0.25, -0.2) is 9.67 Å². The molecule has 200 valence electrons. The maximum atomic E-state index is 14.0. The zero-order valence-electron chi connectivity index (χ0n) is 19.4. The molecule has 6 rings (SSSR count). The van der Waals surface area contributed by atoms with Crippen molar-refractivity contribution in [2.45, 2.75) is 74.7 Å². The summed E-state index contributed by atoms with van der Waals surface area (Å²) in [5.41, 5.74) is -4.55. The smallest absolute Gasteiger partial charge is 0.369 e. The fourth-order valence-corrected chi connectivity index (χ4v) is 6.43. The van der Waals surface area contributed by atoms with E-state index in [-0.39, 0.29) is 45.1 Å². The second kappa shape index (κ2) is 7.56. The van der Waals surface area contributed by atoms with E-state index >= 15 is 0 Å². The highest BCUT2D eigenvalue weighted by molar-refractivity contribution is 5.86. The maximum Gasteiger partial charge on any atom is 0.441 e. The first-order valence-electron chi connectivity index (χ1n) is 12.1. The third kappa shape index (κ3) is 3.90. The van der Waals surface area contributed by atoms with Crippen molar-refractivity contribution in [2.75, 3.05) is 32.8 Å². The average Bonchev–Trinajstić information content (AvgIpc) is 3.39. The number of carbonyl (C=O) groups excluding carboxylic acids is 1. The molecule has 5 fully saturated rings. The minimum Gasteiger partial charge on any atom is -0.369 e. The molecule has 2 spiro atoms. The predicted octanol–water partition coefficient (Wildman–Crippen LogP) is 2.61. The van der Waals surface area contributed by atoms with Crippen LogP contribution < -0.4 is 0 Å². The van der Waals surface area contributed by atoms with Gasteiger partial charge in [-0.1, -0.05) is 0 Å². The van der Waals surface area contributed by atoms with Crippen molar-refractivity contribution in [3.63, 3.8) is 0 Å². The van der Waals surface area contributed by atoms with Crippen LogP contribution >= 0.6 is 0 Å². The fraction of sp³-hybridized carbons (Fsp3) is 0.864. The van der Waals surface area contributed by atoms with Gasteiger partial charge in [-0.15, -0.1) is 0 Å². The Balaban J connectivity index is 1.03. The van der Waals surface area contributed by atoms with Gasteiger partial charge < -0.3 is 14.7 Å². The summed E-state index contributed by atoms with van der Waals surface area (Å²) in [6, 6.07) is 0.0446. The van der Waals surface area contributed by atoms with E-state index in [1.807, 2.05) is 0 Å². The second-order valence-corrected chi connectivity index (χ2v) is 11.6. The van der Waals surface area contributed by atoms with Crippen molar-refractivity contribution in [2.24, 2.45) is 10.8 Å². The highest BCUT2D eigenvalue weighted by atomic mass is 19.4. The van der Waals surface area contributed by atoms with Gasteiger partial charge in [0.15, 0.2) is 5.82 Å². The van der Waals surface area contributed by atoms with Crippen molar-refractivity contribution < 1.29 is 41.0 Å². The number of amides is 1. The predicted molar refractivity (Wildman–Crippen MR) is 109 cm³/mol. The summed E-state index contributed by atoms with van der Waals surface area (Å²) in [6.45, 7) is -1.55. The molecule has 36 heavy (non-hydrogen) atoms. The lowest BCUT2D eigenvalue weighted by Gasteiger charge is -2.64. The average molecular weight is 523 g/mol. The largest absolute Gasteiger partial charge is 0.441 e. The summed E-state index contributed by atoms with van der Waals surface area (Å²) in [5, 5.41) is 15.2. The van der Waals surface area contributed by atoms with Crippen LogP contribution in [0, 0.1) is 10.8 Å². The first-order valence-corrected chi connectivity index (χ1v) is 12.1. The molecular formula is C22H27F6N5O3. The third-order valence-electron chi connectivity index (χ3n) is 8.53. The van der Waals surface area contributed by atoms with Crippen LogP contribution in [0.4, 0.5) is 26.3 Å². The highest BCUT2D eigenvalue weighted by Crippen LogP contribution is 2.58. The van der Waals surface area contributed by atoms with Crippen LogP contribution in [0.1, 0.15) is 56.3 Å². The molecule has 3 heterocycles. The molecule has 1 N–H and O–H groups in total. The Morgan fingerprint density at radius 1 is 1.03 bits per heavy atom. The number of rotatable bonds is 6. The van der Waals surface area contributed by atoms with E-state index in [0.29, 0.717) is 18.8 Å². The number of aromatic nitrogens is 3. The minimum absolute atomic E-state index is 0.0349. The number of likely N-dealkylation sites (tertiary alicyclic amines) is 2. The summed E-state index contributed by atoms with van der Waals surface area (Å²) in [5.74, 6) is -0.206. The van der Waals surface area contributed by atoms with E-state index in [0.717, 1.165) is 28.5 Å². The first-order chi connectivity index (χ1) is 16.7. The number of halogens is 6. The van der Waals surface area contributed by atoms with E-state index < -0.39 is 47.5 Å². The molecule has 3 saturated carbocycles.